The molecule has 0 aliphatic rings. The molecule has 6 heteroatoms. The van der Waals surface area contributed by atoms with Crippen LogP contribution in [-0.4, -0.2) is 17.8 Å². The Balaban J connectivity index is 2.35. The normalized spacial score (nSPS) is 13.5. The van der Waals surface area contributed by atoms with Gasteiger partial charge in [-0.15, -0.1) is 0 Å². The number of phenolic OH excluding ortho intramolecular Hbond substituents is 1. The van der Waals surface area contributed by atoms with Gasteiger partial charge in [-0.05, 0) is 44.5 Å². The molecule has 0 aliphatic carbocycles. The van der Waals surface area contributed by atoms with E-state index in [0.717, 1.165) is 6.07 Å². The van der Waals surface area contributed by atoms with E-state index in [1.54, 1.807) is 6.92 Å². The number of unbranched alkanes of at least 4 members (excludes halogenated alkanes) is 1. The molecule has 0 saturated carbocycles. The number of hydrogen-bond acceptors (Lipinski definition) is 2. The summed E-state index contributed by atoms with van der Waals surface area (Å²) in [4.78, 5) is 0. The second kappa shape index (κ2) is 6.75. The van der Waals surface area contributed by atoms with E-state index in [2.05, 4.69) is 5.32 Å². The van der Waals surface area contributed by atoms with Crippen LogP contribution in [0.25, 0.3) is 0 Å². The molecule has 1 unspecified atom stereocenters. The van der Waals surface area contributed by atoms with E-state index in [1.807, 2.05) is 0 Å². The molecule has 0 spiro atoms. The van der Waals surface area contributed by atoms with Gasteiger partial charge in [-0.25, -0.2) is 4.39 Å². The third-order valence-corrected chi connectivity index (χ3v) is 2.79. The van der Waals surface area contributed by atoms with Crippen LogP contribution in [0.3, 0.4) is 0 Å². The molecule has 1 rings (SSSR count). The number of phenols is 1. The van der Waals surface area contributed by atoms with E-state index in [9.17, 15) is 22.7 Å². The third-order valence-electron chi connectivity index (χ3n) is 2.79. The highest BCUT2D eigenvalue weighted by molar-refractivity contribution is 5.34. The summed E-state index contributed by atoms with van der Waals surface area (Å²) in [6.45, 7) is 2.10. The Bertz CT molecular complexity index is 406. The number of hydrogen-bond donors (Lipinski definition) is 2. The zero-order valence-corrected chi connectivity index (χ0v) is 10.6. The van der Waals surface area contributed by atoms with Gasteiger partial charge >= 0.3 is 6.18 Å². The van der Waals surface area contributed by atoms with Gasteiger partial charge in [-0.1, -0.05) is 0 Å². The van der Waals surface area contributed by atoms with Gasteiger partial charge in [-0.2, -0.15) is 13.2 Å². The van der Waals surface area contributed by atoms with Crippen LogP contribution >= 0.6 is 0 Å². The molecule has 2 nitrogen and oxygen atoms in total. The number of aromatic hydroxyl groups is 1. The van der Waals surface area contributed by atoms with Crippen LogP contribution in [0.2, 0.25) is 0 Å². The van der Waals surface area contributed by atoms with Crippen molar-refractivity contribution < 1.29 is 22.7 Å². The number of alkyl halides is 3. The molecule has 2 N–H and O–H groups in total. The van der Waals surface area contributed by atoms with E-state index < -0.39 is 18.4 Å². The molecule has 108 valence electrons. The summed E-state index contributed by atoms with van der Waals surface area (Å²) in [5.74, 6) is -0.491. The highest BCUT2D eigenvalue weighted by atomic mass is 19.4. The summed E-state index contributed by atoms with van der Waals surface area (Å²) in [6.07, 6.45) is -4.49. The SMILES string of the molecule is CC(NCCCCC(F)(F)F)c1cc(F)ccc1O. The summed E-state index contributed by atoms with van der Waals surface area (Å²) in [5, 5.41) is 12.5. The summed E-state index contributed by atoms with van der Waals surface area (Å²) in [5.41, 5.74) is 0.399. The molecule has 0 saturated heterocycles. The first kappa shape index (κ1) is 15.8. The number of rotatable bonds is 6. The van der Waals surface area contributed by atoms with Gasteiger partial charge in [0, 0.05) is 18.0 Å². The van der Waals surface area contributed by atoms with E-state index in [-0.39, 0.29) is 18.2 Å². The van der Waals surface area contributed by atoms with Gasteiger partial charge < -0.3 is 10.4 Å². The predicted molar refractivity (Wildman–Crippen MR) is 64.4 cm³/mol. The first-order valence-electron chi connectivity index (χ1n) is 6.08. The molecule has 0 bridgehead atoms. The maximum absolute atomic E-state index is 13.0. The Hall–Kier alpha value is -1.30. The lowest BCUT2D eigenvalue weighted by Gasteiger charge is -2.15. The van der Waals surface area contributed by atoms with Crippen LogP contribution in [0.15, 0.2) is 18.2 Å². The van der Waals surface area contributed by atoms with Crippen molar-refractivity contribution in [1.82, 2.24) is 5.32 Å². The maximum Gasteiger partial charge on any atom is 0.389 e. The van der Waals surface area contributed by atoms with Crippen molar-refractivity contribution in [1.29, 1.82) is 0 Å². The van der Waals surface area contributed by atoms with Crippen molar-refractivity contribution in [2.75, 3.05) is 6.54 Å². The standard InChI is InChI=1S/C13H17F4NO/c1-9(11-8-10(14)4-5-12(11)19)18-7-3-2-6-13(15,16)17/h4-5,8-9,18-19H,2-3,6-7H2,1H3. The molecule has 19 heavy (non-hydrogen) atoms. The lowest BCUT2D eigenvalue weighted by molar-refractivity contribution is -0.135. The first-order valence-corrected chi connectivity index (χ1v) is 6.08. The minimum absolute atomic E-state index is 0.0308. The van der Waals surface area contributed by atoms with Gasteiger partial charge in [0.05, 0.1) is 0 Å². The van der Waals surface area contributed by atoms with E-state index >= 15 is 0 Å². The van der Waals surface area contributed by atoms with Crippen LogP contribution < -0.4 is 5.32 Å². The molecule has 1 aromatic carbocycles. The lowest BCUT2D eigenvalue weighted by Crippen LogP contribution is -2.20. The number of halogens is 4. The Morgan fingerprint density at radius 1 is 1.26 bits per heavy atom. The fourth-order valence-electron chi connectivity index (χ4n) is 1.75. The second-order valence-corrected chi connectivity index (χ2v) is 4.45. The molecular weight excluding hydrogens is 262 g/mol. The zero-order chi connectivity index (χ0) is 14.5. The smallest absolute Gasteiger partial charge is 0.389 e. The van der Waals surface area contributed by atoms with Crippen LogP contribution in [0.1, 0.15) is 37.8 Å². The molecule has 0 fully saturated rings. The van der Waals surface area contributed by atoms with Gasteiger partial charge in [0.15, 0.2) is 0 Å². The number of nitrogens with one attached hydrogen (secondary N) is 1. The van der Waals surface area contributed by atoms with E-state index in [0.29, 0.717) is 18.5 Å². The number of benzene rings is 1. The fourth-order valence-corrected chi connectivity index (χ4v) is 1.75. The third kappa shape index (κ3) is 5.92. The van der Waals surface area contributed by atoms with Crippen LogP contribution in [0, 0.1) is 5.82 Å². The Labute approximate surface area is 109 Å². The molecule has 0 aromatic heterocycles. The van der Waals surface area contributed by atoms with Crippen molar-refractivity contribution in [3.8, 4) is 5.75 Å². The van der Waals surface area contributed by atoms with Crippen LogP contribution in [0.5, 0.6) is 5.75 Å². The van der Waals surface area contributed by atoms with Crippen LogP contribution in [0.4, 0.5) is 17.6 Å². The minimum atomic E-state index is -4.12. The minimum Gasteiger partial charge on any atom is -0.508 e. The Morgan fingerprint density at radius 2 is 1.95 bits per heavy atom. The van der Waals surface area contributed by atoms with Gasteiger partial charge in [0.2, 0.25) is 0 Å². The van der Waals surface area contributed by atoms with Gasteiger partial charge in [0.25, 0.3) is 0 Å². The highest BCUT2D eigenvalue weighted by Crippen LogP contribution is 2.25. The molecule has 0 heterocycles. The summed E-state index contributed by atoms with van der Waals surface area (Å²) in [6, 6.07) is 3.30. The molecule has 0 aliphatic heterocycles. The summed E-state index contributed by atoms with van der Waals surface area (Å²) in [7, 11) is 0. The first-order chi connectivity index (χ1) is 8.79. The highest BCUT2D eigenvalue weighted by Gasteiger charge is 2.25. The molecule has 1 atom stereocenters. The topological polar surface area (TPSA) is 32.3 Å². The fraction of sp³-hybridized carbons (Fsp3) is 0.538. The molecule has 1 aromatic rings. The Kier molecular flexibility index (Phi) is 5.60. The zero-order valence-electron chi connectivity index (χ0n) is 10.6. The van der Waals surface area contributed by atoms with Crippen molar-refractivity contribution >= 4 is 0 Å². The molecule has 0 amide bonds. The molecular formula is C13H17F4NO. The average Bonchev–Trinajstić information content (AvgIpc) is 2.30. The molecule has 0 radical (unpaired) electrons. The quantitative estimate of drug-likeness (QED) is 0.611. The lowest BCUT2D eigenvalue weighted by atomic mass is 10.1. The van der Waals surface area contributed by atoms with Crippen molar-refractivity contribution in [2.45, 2.75) is 38.4 Å². The Morgan fingerprint density at radius 3 is 2.58 bits per heavy atom. The van der Waals surface area contributed by atoms with E-state index in [4.69, 9.17) is 0 Å². The van der Waals surface area contributed by atoms with Crippen LogP contribution in [-0.2, 0) is 0 Å². The largest absolute Gasteiger partial charge is 0.508 e. The predicted octanol–water partition coefficient (Wildman–Crippen LogP) is 3.91. The second-order valence-electron chi connectivity index (χ2n) is 4.45. The van der Waals surface area contributed by atoms with Crippen molar-refractivity contribution in [2.24, 2.45) is 0 Å². The summed E-state index contributed by atoms with van der Waals surface area (Å²) < 4.78 is 48.7. The maximum atomic E-state index is 13.0. The van der Waals surface area contributed by atoms with Crippen molar-refractivity contribution in [3.05, 3.63) is 29.6 Å². The monoisotopic (exact) mass is 279 g/mol. The van der Waals surface area contributed by atoms with Gasteiger partial charge in [0.1, 0.15) is 11.6 Å². The van der Waals surface area contributed by atoms with Crippen molar-refractivity contribution in [3.63, 3.8) is 0 Å². The summed E-state index contributed by atoms with van der Waals surface area (Å²) >= 11 is 0. The van der Waals surface area contributed by atoms with Gasteiger partial charge in [-0.3, -0.25) is 0 Å². The van der Waals surface area contributed by atoms with E-state index in [1.165, 1.54) is 12.1 Å². The average molecular weight is 279 g/mol.